The number of sulfonamides is 1. The van der Waals surface area contributed by atoms with Gasteiger partial charge in [0.1, 0.15) is 5.25 Å². The molecule has 17 heavy (non-hydrogen) atoms. The fourth-order valence-electron chi connectivity index (χ4n) is 1.87. The van der Waals surface area contributed by atoms with Gasteiger partial charge in [-0.3, -0.25) is 4.98 Å². The molecule has 1 aromatic heterocycles. The van der Waals surface area contributed by atoms with E-state index in [1.165, 1.54) is 0 Å². The zero-order valence-corrected chi connectivity index (χ0v) is 10.6. The van der Waals surface area contributed by atoms with Crippen LogP contribution in [0.25, 0.3) is 0 Å². The van der Waals surface area contributed by atoms with Crippen LogP contribution in [-0.4, -0.2) is 32.5 Å². The van der Waals surface area contributed by atoms with Gasteiger partial charge in [-0.25, -0.2) is 13.1 Å². The van der Waals surface area contributed by atoms with E-state index in [1.54, 1.807) is 31.3 Å². The molecule has 1 unspecified atom stereocenters. The zero-order chi connectivity index (χ0) is 12.3. The molecule has 6 heteroatoms. The molecule has 5 nitrogen and oxygen atoms in total. The predicted octanol–water partition coefficient (Wildman–Crippen LogP) is 0.424. The molecule has 0 amide bonds. The van der Waals surface area contributed by atoms with Gasteiger partial charge in [0.25, 0.3) is 0 Å². The van der Waals surface area contributed by atoms with E-state index in [0.717, 1.165) is 13.0 Å². The van der Waals surface area contributed by atoms with Crippen LogP contribution >= 0.6 is 0 Å². The van der Waals surface area contributed by atoms with Crippen molar-refractivity contribution in [2.24, 2.45) is 0 Å². The van der Waals surface area contributed by atoms with Crippen molar-refractivity contribution in [2.45, 2.75) is 24.6 Å². The average molecular weight is 255 g/mol. The van der Waals surface area contributed by atoms with Crippen LogP contribution in [0.1, 0.15) is 24.3 Å². The number of rotatable bonds is 4. The minimum Gasteiger partial charge on any atom is -0.315 e. The summed E-state index contributed by atoms with van der Waals surface area (Å²) in [5, 5.41) is 2.51. The molecule has 1 aromatic rings. The molecule has 94 valence electrons. The summed E-state index contributed by atoms with van der Waals surface area (Å²) in [6, 6.07) is 5.31. The van der Waals surface area contributed by atoms with Crippen LogP contribution in [0.3, 0.4) is 0 Å². The topological polar surface area (TPSA) is 71.1 Å². The predicted molar refractivity (Wildman–Crippen MR) is 66.0 cm³/mol. The average Bonchev–Trinajstić information content (AvgIpc) is 2.81. The summed E-state index contributed by atoms with van der Waals surface area (Å²) in [6.07, 6.45) is 2.45. The molecule has 0 bridgehead atoms. The molecule has 2 atom stereocenters. The van der Waals surface area contributed by atoms with Gasteiger partial charge in [-0.1, -0.05) is 6.07 Å². The van der Waals surface area contributed by atoms with E-state index >= 15 is 0 Å². The maximum absolute atomic E-state index is 12.1. The Labute approximate surface area is 102 Å². The van der Waals surface area contributed by atoms with Crippen molar-refractivity contribution < 1.29 is 8.42 Å². The highest BCUT2D eigenvalue weighted by Gasteiger charge is 2.27. The first-order valence-corrected chi connectivity index (χ1v) is 7.27. The van der Waals surface area contributed by atoms with Crippen LogP contribution in [0.2, 0.25) is 0 Å². The Kier molecular flexibility index (Phi) is 3.76. The van der Waals surface area contributed by atoms with E-state index in [-0.39, 0.29) is 6.04 Å². The fraction of sp³-hybridized carbons (Fsp3) is 0.545. The van der Waals surface area contributed by atoms with Gasteiger partial charge in [0.2, 0.25) is 10.0 Å². The van der Waals surface area contributed by atoms with Crippen molar-refractivity contribution in [1.29, 1.82) is 0 Å². The van der Waals surface area contributed by atoms with Gasteiger partial charge in [0.05, 0.1) is 5.69 Å². The van der Waals surface area contributed by atoms with Crippen molar-refractivity contribution in [3.8, 4) is 0 Å². The van der Waals surface area contributed by atoms with E-state index in [9.17, 15) is 8.42 Å². The van der Waals surface area contributed by atoms with E-state index in [2.05, 4.69) is 15.0 Å². The molecule has 1 aliphatic heterocycles. The smallest absolute Gasteiger partial charge is 0.220 e. The first-order chi connectivity index (χ1) is 8.09. The van der Waals surface area contributed by atoms with Gasteiger partial charge < -0.3 is 5.32 Å². The second kappa shape index (κ2) is 5.12. The highest BCUT2D eigenvalue weighted by atomic mass is 32.2. The van der Waals surface area contributed by atoms with Gasteiger partial charge in [0, 0.05) is 18.8 Å². The molecule has 2 rings (SSSR count). The van der Waals surface area contributed by atoms with Crippen molar-refractivity contribution in [2.75, 3.05) is 13.1 Å². The van der Waals surface area contributed by atoms with Crippen LogP contribution < -0.4 is 10.0 Å². The Bertz CT molecular complexity index is 455. The van der Waals surface area contributed by atoms with Crippen LogP contribution in [0.4, 0.5) is 0 Å². The fourth-order valence-corrected chi connectivity index (χ4v) is 3.19. The summed E-state index contributed by atoms with van der Waals surface area (Å²) < 4.78 is 26.9. The Morgan fingerprint density at radius 2 is 2.35 bits per heavy atom. The molecule has 2 N–H and O–H groups in total. The monoisotopic (exact) mass is 255 g/mol. The van der Waals surface area contributed by atoms with Gasteiger partial charge in [-0.05, 0) is 32.0 Å². The second-order valence-electron chi connectivity index (χ2n) is 4.25. The SMILES string of the molecule is CC(c1ccccn1)S(=O)(=O)N[C@H]1CCNC1. The van der Waals surface area contributed by atoms with Gasteiger partial charge in [-0.2, -0.15) is 0 Å². The van der Waals surface area contributed by atoms with Crippen LogP contribution in [-0.2, 0) is 10.0 Å². The maximum atomic E-state index is 12.1. The molecular formula is C11H17N3O2S. The third-order valence-corrected chi connectivity index (χ3v) is 4.80. The molecule has 1 saturated heterocycles. The third-order valence-electron chi connectivity index (χ3n) is 2.96. The van der Waals surface area contributed by atoms with E-state index in [1.807, 2.05) is 0 Å². The highest BCUT2D eigenvalue weighted by molar-refractivity contribution is 7.89. The maximum Gasteiger partial charge on any atom is 0.220 e. The quantitative estimate of drug-likeness (QED) is 0.818. The lowest BCUT2D eigenvalue weighted by molar-refractivity contribution is 0.549. The molecular weight excluding hydrogens is 238 g/mol. The lowest BCUT2D eigenvalue weighted by Crippen LogP contribution is -2.38. The summed E-state index contributed by atoms with van der Waals surface area (Å²) >= 11 is 0. The number of hydrogen-bond acceptors (Lipinski definition) is 4. The largest absolute Gasteiger partial charge is 0.315 e. The Morgan fingerprint density at radius 1 is 1.53 bits per heavy atom. The molecule has 0 aromatic carbocycles. The lowest BCUT2D eigenvalue weighted by atomic mass is 10.3. The standard InChI is InChI=1S/C11H17N3O2S/c1-9(11-4-2-3-6-13-11)17(15,16)14-10-5-7-12-8-10/h2-4,6,9-10,12,14H,5,7-8H2,1H3/t9?,10-/m0/s1. The number of pyridine rings is 1. The molecule has 0 aliphatic carbocycles. The summed E-state index contributed by atoms with van der Waals surface area (Å²) in [5.74, 6) is 0. The zero-order valence-electron chi connectivity index (χ0n) is 9.76. The molecule has 0 spiro atoms. The van der Waals surface area contributed by atoms with Crippen molar-refractivity contribution in [1.82, 2.24) is 15.0 Å². The summed E-state index contributed by atoms with van der Waals surface area (Å²) in [6.45, 7) is 3.23. The Hall–Kier alpha value is -0.980. The van der Waals surface area contributed by atoms with E-state index < -0.39 is 15.3 Å². The van der Waals surface area contributed by atoms with Gasteiger partial charge in [-0.15, -0.1) is 0 Å². The second-order valence-corrected chi connectivity index (χ2v) is 6.28. The number of nitrogens with one attached hydrogen (secondary N) is 2. The number of nitrogens with zero attached hydrogens (tertiary/aromatic N) is 1. The lowest BCUT2D eigenvalue weighted by Gasteiger charge is -2.16. The minimum atomic E-state index is -3.35. The summed E-state index contributed by atoms with van der Waals surface area (Å²) in [7, 11) is -3.35. The molecule has 1 aliphatic rings. The summed E-state index contributed by atoms with van der Waals surface area (Å²) in [4.78, 5) is 4.08. The van der Waals surface area contributed by atoms with Gasteiger partial charge >= 0.3 is 0 Å². The van der Waals surface area contributed by atoms with E-state index in [4.69, 9.17) is 0 Å². The van der Waals surface area contributed by atoms with Crippen molar-refractivity contribution in [3.05, 3.63) is 30.1 Å². The molecule has 1 fully saturated rings. The number of hydrogen-bond donors (Lipinski definition) is 2. The molecule has 0 saturated carbocycles. The van der Waals surface area contributed by atoms with E-state index in [0.29, 0.717) is 12.2 Å². The summed E-state index contributed by atoms with van der Waals surface area (Å²) in [5.41, 5.74) is 0.575. The minimum absolute atomic E-state index is 0.00571. The third kappa shape index (κ3) is 3.02. The first-order valence-electron chi connectivity index (χ1n) is 5.72. The van der Waals surface area contributed by atoms with Crippen molar-refractivity contribution in [3.63, 3.8) is 0 Å². The Balaban J connectivity index is 2.09. The van der Waals surface area contributed by atoms with Gasteiger partial charge in [0.15, 0.2) is 0 Å². The van der Waals surface area contributed by atoms with Crippen molar-refractivity contribution >= 4 is 10.0 Å². The van der Waals surface area contributed by atoms with Crippen LogP contribution in [0, 0.1) is 0 Å². The van der Waals surface area contributed by atoms with Crippen LogP contribution in [0.15, 0.2) is 24.4 Å². The molecule has 2 heterocycles. The highest BCUT2D eigenvalue weighted by Crippen LogP contribution is 2.19. The normalized spacial score (nSPS) is 22.5. The Morgan fingerprint density at radius 3 is 2.94 bits per heavy atom. The first kappa shape index (κ1) is 12.5. The molecule has 0 radical (unpaired) electrons. The van der Waals surface area contributed by atoms with Crippen LogP contribution in [0.5, 0.6) is 0 Å². The number of aromatic nitrogens is 1.